The minimum atomic E-state index is -0.373. The second-order valence-corrected chi connectivity index (χ2v) is 8.05. The van der Waals surface area contributed by atoms with Gasteiger partial charge < -0.3 is 19.1 Å². The Morgan fingerprint density at radius 1 is 1.13 bits per heavy atom. The van der Waals surface area contributed by atoms with E-state index in [-0.39, 0.29) is 30.0 Å². The van der Waals surface area contributed by atoms with Gasteiger partial charge in [-0.1, -0.05) is 12.1 Å². The SMILES string of the molecule is Cc1nc2cc(N3CC(C(=O)N4CCN(c5ccccc5F)CC4)CC3=O)ccc2o1. The standard InChI is InChI=1S/C23H23FN4O3/c1-15-25-19-13-17(6-7-21(19)31-15)28-14-16(12-22(28)29)23(30)27-10-8-26(9-11-27)20-5-3-2-4-18(20)24/h2-7,13,16H,8-12,14H2,1H3. The number of anilines is 2. The molecule has 1 unspecified atom stereocenters. The molecule has 2 aliphatic heterocycles. The highest BCUT2D eigenvalue weighted by Crippen LogP contribution is 2.30. The van der Waals surface area contributed by atoms with Gasteiger partial charge in [-0.15, -0.1) is 0 Å². The third-order valence-corrected chi connectivity index (χ3v) is 6.05. The average Bonchev–Trinajstić information content (AvgIpc) is 3.34. The number of nitrogens with zero attached hydrogens (tertiary/aromatic N) is 4. The molecule has 0 bridgehead atoms. The zero-order chi connectivity index (χ0) is 21.5. The van der Waals surface area contributed by atoms with E-state index >= 15 is 0 Å². The number of oxazole rings is 1. The van der Waals surface area contributed by atoms with E-state index in [0.717, 1.165) is 5.69 Å². The van der Waals surface area contributed by atoms with Gasteiger partial charge in [0.25, 0.3) is 0 Å². The number of amides is 2. The van der Waals surface area contributed by atoms with E-state index in [0.29, 0.717) is 55.4 Å². The number of benzene rings is 2. The zero-order valence-electron chi connectivity index (χ0n) is 17.3. The molecule has 3 aromatic rings. The van der Waals surface area contributed by atoms with Crippen molar-refractivity contribution in [3.63, 3.8) is 0 Å². The smallest absolute Gasteiger partial charge is 0.228 e. The maximum atomic E-state index is 14.0. The first-order valence-corrected chi connectivity index (χ1v) is 10.5. The normalized spacial score (nSPS) is 19.5. The summed E-state index contributed by atoms with van der Waals surface area (Å²) in [6, 6.07) is 12.1. The van der Waals surface area contributed by atoms with Crippen LogP contribution in [0.2, 0.25) is 0 Å². The highest BCUT2D eigenvalue weighted by atomic mass is 19.1. The van der Waals surface area contributed by atoms with Gasteiger partial charge in [-0.3, -0.25) is 9.59 Å². The zero-order valence-corrected chi connectivity index (χ0v) is 17.3. The van der Waals surface area contributed by atoms with Crippen LogP contribution in [-0.4, -0.2) is 54.4 Å². The maximum absolute atomic E-state index is 14.0. The van der Waals surface area contributed by atoms with Crippen molar-refractivity contribution >= 4 is 34.3 Å². The molecule has 2 aliphatic rings. The summed E-state index contributed by atoms with van der Waals surface area (Å²) in [7, 11) is 0. The van der Waals surface area contributed by atoms with Crippen LogP contribution in [0.4, 0.5) is 15.8 Å². The van der Waals surface area contributed by atoms with Crippen molar-refractivity contribution in [3.05, 3.63) is 54.2 Å². The Balaban J connectivity index is 1.24. The molecule has 0 saturated carbocycles. The molecular formula is C23H23FN4O3. The van der Waals surface area contributed by atoms with Gasteiger partial charge in [0, 0.05) is 51.8 Å². The summed E-state index contributed by atoms with van der Waals surface area (Å²) < 4.78 is 19.5. The molecule has 2 aromatic carbocycles. The van der Waals surface area contributed by atoms with Gasteiger partial charge in [-0.05, 0) is 30.3 Å². The molecule has 2 amide bonds. The lowest BCUT2D eigenvalue weighted by Crippen LogP contribution is -2.51. The topological polar surface area (TPSA) is 69.9 Å². The first kappa shape index (κ1) is 19.5. The Morgan fingerprint density at radius 3 is 2.68 bits per heavy atom. The van der Waals surface area contributed by atoms with Gasteiger partial charge in [0.1, 0.15) is 11.3 Å². The van der Waals surface area contributed by atoms with Crippen molar-refractivity contribution in [3.8, 4) is 0 Å². The van der Waals surface area contributed by atoms with Crippen LogP contribution in [0.1, 0.15) is 12.3 Å². The van der Waals surface area contributed by atoms with Gasteiger partial charge in [-0.25, -0.2) is 9.37 Å². The molecule has 0 aliphatic carbocycles. The lowest BCUT2D eigenvalue weighted by atomic mass is 10.1. The second kappa shape index (κ2) is 7.68. The first-order valence-electron chi connectivity index (χ1n) is 10.5. The van der Waals surface area contributed by atoms with Crippen molar-refractivity contribution in [1.82, 2.24) is 9.88 Å². The molecule has 160 valence electrons. The van der Waals surface area contributed by atoms with E-state index in [1.165, 1.54) is 6.07 Å². The number of aromatic nitrogens is 1. The number of aryl methyl sites for hydroxylation is 1. The van der Waals surface area contributed by atoms with Crippen LogP contribution >= 0.6 is 0 Å². The number of piperazine rings is 1. The number of carbonyl (C=O) groups is 2. The van der Waals surface area contributed by atoms with Crippen molar-refractivity contribution in [2.75, 3.05) is 42.5 Å². The summed E-state index contributed by atoms with van der Waals surface area (Å²) in [6.45, 7) is 4.30. The first-order chi connectivity index (χ1) is 15.0. The van der Waals surface area contributed by atoms with E-state index in [9.17, 15) is 14.0 Å². The minimum absolute atomic E-state index is 0.0117. The Hall–Kier alpha value is -3.42. The fourth-order valence-corrected chi connectivity index (χ4v) is 4.46. The molecule has 7 nitrogen and oxygen atoms in total. The fourth-order valence-electron chi connectivity index (χ4n) is 4.46. The Labute approximate surface area is 179 Å². The molecular weight excluding hydrogens is 399 g/mol. The van der Waals surface area contributed by atoms with E-state index in [4.69, 9.17) is 4.42 Å². The maximum Gasteiger partial charge on any atom is 0.228 e. The van der Waals surface area contributed by atoms with Gasteiger partial charge in [-0.2, -0.15) is 0 Å². The summed E-state index contributed by atoms with van der Waals surface area (Å²) in [5, 5.41) is 0. The average molecular weight is 422 g/mol. The number of hydrogen-bond acceptors (Lipinski definition) is 5. The number of hydrogen-bond donors (Lipinski definition) is 0. The molecule has 0 N–H and O–H groups in total. The summed E-state index contributed by atoms with van der Waals surface area (Å²) in [6.07, 6.45) is 0.197. The molecule has 1 aromatic heterocycles. The summed E-state index contributed by atoms with van der Waals surface area (Å²) in [5.41, 5.74) is 2.66. The highest BCUT2D eigenvalue weighted by Gasteiger charge is 2.38. The second-order valence-electron chi connectivity index (χ2n) is 8.05. The molecule has 31 heavy (non-hydrogen) atoms. The number of para-hydroxylation sites is 1. The van der Waals surface area contributed by atoms with Crippen molar-refractivity contribution < 1.29 is 18.4 Å². The molecule has 1 atom stereocenters. The molecule has 3 heterocycles. The van der Waals surface area contributed by atoms with Crippen LogP contribution in [0.3, 0.4) is 0 Å². The fraction of sp³-hybridized carbons (Fsp3) is 0.348. The van der Waals surface area contributed by atoms with Gasteiger partial charge >= 0.3 is 0 Å². The van der Waals surface area contributed by atoms with Crippen LogP contribution in [-0.2, 0) is 9.59 Å². The number of carbonyl (C=O) groups excluding carboxylic acids is 2. The predicted octanol–water partition coefficient (Wildman–Crippen LogP) is 2.98. The lowest BCUT2D eigenvalue weighted by Gasteiger charge is -2.37. The number of rotatable bonds is 3. The van der Waals surface area contributed by atoms with Crippen LogP contribution in [0, 0.1) is 18.7 Å². The van der Waals surface area contributed by atoms with E-state index in [2.05, 4.69) is 4.98 Å². The number of fused-ring (bicyclic) bond motifs is 1. The summed E-state index contributed by atoms with van der Waals surface area (Å²) in [4.78, 5) is 35.5. The minimum Gasteiger partial charge on any atom is -0.441 e. The number of halogens is 1. The monoisotopic (exact) mass is 422 g/mol. The Bertz CT molecular complexity index is 1150. The van der Waals surface area contributed by atoms with Crippen molar-refractivity contribution in [2.24, 2.45) is 5.92 Å². The molecule has 0 radical (unpaired) electrons. The van der Waals surface area contributed by atoms with Gasteiger partial charge in [0.05, 0.1) is 11.6 Å². The molecule has 2 fully saturated rings. The third kappa shape index (κ3) is 3.62. The van der Waals surface area contributed by atoms with Gasteiger partial charge in [0.15, 0.2) is 11.5 Å². The van der Waals surface area contributed by atoms with E-state index in [1.54, 1.807) is 34.9 Å². The summed E-state index contributed by atoms with van der Waals surface area (Å²) in [5.74, 6) is -0.131. The quantitative estimate of drug-likeness (QED) is 0.649. The van der Waals surface area contributed by atoms with Crippen LogP contribution in [0.25, 0.3) is 11.1 Å². The van der Waals surface area contributed by atoms with Crippen LogP contribution in [0.15, 0.2) is 46.9 Å². The molecule has 8 heteroatoms. The summed E-state index contributed by atoms with van der Waals surface area (Å²) >= 11 is 0. The van der Waals surface area contributed by atoms with E-state index < -0.39 is 0 Å². The van der Waals surface area contributed by atoms with Crippen molar-refractivity contribution in [2.45, 2.75) is 13.3 Å². The third-order valence-electron chi connectivity index (χ3n) is 6.05. The van der Waals surface area contributed by atoms with Crippen molar-refractivity contribution in [1.29, 1.82) is 0 Å². The Kier molecular flexibility index (Phi) is 4.84. The molecule has 0 spiro atoms. The molecule has 2 saturated heterocycles. The van der Waals surface area contributed by atoms with Crippen LogP contribution in [0.5, 0.6) is 0 Å². The lowest BCUT2D eigenvalue weighted by molar-refractivity contribution is -0.136. The van der Waals surface area contributed by atoms with Crippen LogP contribution < -0.4 is 9.80 Å². The van der Waals surface area contributed by atoms with Gasteiger partial charge in [0.2, 0.25) is 11.8 Å². The highest BCUT2D eigenvalue weighted by molar-refractivity contribution is 6.01. The molecule has 5 rings (SSSR count). The largest absolute Gasteiger partial charge is 0.441 e. The Morgan fingerprint density at radius 2 is 1.90 bits per heavy atom. The van der Waals surface area contributed by atoms with E-state index in [1.807, 2.05) is 23.1 Å². The predicted molar refractivity (Wildman–Crippen MR) is 114 cm³/mol.